The van der Waals surface area contributed by atoms with Gasteiger partial charge in [0.25, 0.3) is 0 Å². The van der Waals surface area contributed by atoms with Crippen molar-refractivity contribution in [3.63, 3.8) is 0 Å². The first kappa shape index (κ1) is 20.5. The monoisotopic (exact) mass is 422 g/mol. The van der Waals surface area contributed by atoms with E-state index in [0.717, 1.165) is 34.4 Å². The van der Waals surface area contributed by atoms with E-state index in [9.17, 15) is 4.39 Å². The van der Waals surface area contributed by atoms with Crippen molar-refractivity contribution in [3.8, 4) is 5.69 Å². The summed E-state index contributed by atoms with van der Waals surface area (Å²) in [6.07, 6.45) is 1.82. The molecule has 1 fully saturated rings. The zero-order chi connectivity index (χ0) is 21.4. The van der Waals surface area contributed by atoms with Gasteiger partial charge in [0, 0.05) is 29.8 Å². The Morgan fingerprint density at radius 3 is 2.50 bits per heavy atom. The highest BCUT2D eigenvalue weighted by atomic mass is 32.1. The fraction of sp³-hybridized carbons (Fsp3) is 0.333. The molecular weight excluding hydrogens is 395 g/mol. The number of halogens is 1. The molecule has 30 heavy (non-hydrogen) atoms. The van der Waals surface area contributed by atoms with Crippen molar-refractivity contribution in [3.05, 3.63) is 83.2 Å². The minimum absolute atomic E-state index is 0.0281. The number of rotatable bonds is 5. The summed E-state index contributed by atoms with van der Waals surface area (Å²) >= 11 is 5.74. The van der Waals surface area contributed by atoms with Crippen LogP contribution in [-0.4, -0.2) is 26.1 Å². The maximum atomic E-state index is 13.5. The van der Waals surface area contributed by atoms with Crippen LogP contribution in [0.15, 0.2) is 54.7 Å². The topological polar surface area (TPSA) is 33.1 Å². The zero-order valence-electron chi connectivity index (χ0n) is 17.8. The summed E-state index contributed by atoms with van der Waals surface area (Å²) in [5, 5.41) is 4.27. The van der Waals surface area contributed by atoms with Gasteiger partial charge in [0.1, 0.15) is 5.82 Å². The Labute approximate surface area is 182 Å². The minimum atomic E-state index is -0.231. The highest BCUT2D eigenvalue weighted by Crippen LogP contribution is 2.41. The largest absolute Gasteiger partial charge is 0.352 e. The first-order valence-electron chi connectivity index (χ1n) is 10.3. The molecule has 0 unspecified atom stereocenters. The number of pyridine rings is 1. The summed E-state index contributed by atoms with van der Waals surface area (Å²) in [7, 11) is 0. The number of nitrogens with one attached hydrogen (secondary N) is 1. The van der Waals surface area contributed by atoms with Gasteiger partial charge in [-0.05, 0) is 80.0 Å². The van der Waals surface area contributed by atoms with Crippen LogP contribution in [0.5, 0.6) is 0 Å². The van der Waals surface area contributed by atoms with Crippen LogP contribution in [0.3, 0.4) is 0 Å². The van der Waals surface area contributed by atoms with E-state index in [1.54, 1.807) is 0 Å². The predicted octanol–water partition coefficient (Wildman–Crippen LogP) is 5.26. The van der Waals surface area contributed by atoms with Gasteiger partial charge in [-0.15, -0.1) is 0 Å². The van der Waals surface area contributed by atoms with Gasteiger partial charge < -0.3 is 14.8 Å². The van der Waals surface area contributed by atoms with Crippen molar-refractivity contribution in [2.45, 2.75) is 39.8 Å². The lowest BCUT2D eigenvalue weighted by Crippen LogP contribution is -2.33. The first-order valence-corrected chi connectivity index (χ1v) is 10.7. The number of nitrogens with zero attached hydrogens (tertiary/aromatic N) is 3. The SMILES string of the molecule is Cc1cc([C@H]2[C@@H](c3ccccn3)NC(=S)N2CC(C)C)c(C)n1-c1ccc(F)cc1. The number of benzene rings is 1. The number of aryl methyl sites for hydroxylation is 1. The van der Waals surface area contributed by atoms with Crippen LogP contribution in [0.2, 0.25) is 0 Å². The third-order valence-electron chi connectivity index (χ3n) is 5.63. The van der Waals surface area contributed by atoms with Gasteiger partial charge >= 0.3 is 0 Å². The van der Waals surface area contributed by atoms with Crippen LogP contribution >= 0.6 is 12.2 Å². The van der Waals surface area contributed by atoms with Crippen molar-refractivity contribution in [2.75, 3.05) is 6.54 Å². The third kappa shape index (κ3) is 3.72. The average molecular weight is 423 g/mol. The Balaban J connectivity index is 1.83. The molecule has 0 spiro atoms. The lowest BCUT2D eigenvalue weighted by molar-refractivity contribution is 0.287. The molecular formula is C24H27FN4S. The van der Waals surface area contributed by atoms with Crippen LogP contribution in [0, 0.1) is 25.6 Å². The molecule has 3 heterocycles. The van der Waals surface area contributed by atoms with E-state index >= 15 is 0 Å². The molecule has 1 aromatic carbocycles. The van der Waals surface area contributed by atoms with Gasteiger partial charge in [-0.1, -0.05) is 19.9 Å². The van der Waals surface area contributed by atoms with Crippen LogP contribution < -0.4 is 5.32 Å². The lowest BCUT2D eigenvalue weighted by Gasteiger charge is -2.29. The molecule has 0 amide bonds. The van der Waals surface area contributed by atoms with Gasteiger partial charge in [0.2, 0.25) is 0 Å². The molecule has 1 N–H and O–H groups in total. The van der Waals surface area contributed by atoms with Crippen LogP contribution in [0.25, 0.3) is 5.69 Å². The molecule has 156 valence electrons. The Hall–Kier alpha value is -2.73. The predicted molar refractivity (Wildman–Crippen MR) is 122 cm³/mol. The van der Waals surface area contributed by atoms with E-state index in [2.05, 4.69) is 53.5 Å². The molecule has 0 bridgehead atoms. The van der Waals surface area contributed by atoms with E-state index in [1.807, 2.05) is 36.5 Å². The molecule has 6 heteroatoms. The molecule has 0 radical (unpaired) electrons. The standard InChI is InChI=1S/C24H27FN4S/c1-15(2)14-28-23(22(27-24(28)30)21-7-5-6-12-26-21)20-13-16(3)29(17(20)4)19-10-8-18(25)9-11-19/h5-13,15,22-23H,14H2,1-4H3,(H,27,30)/t22-,23+/m1/s1. The second kappa shape index (κ2) is 8.19. The summed E-state index contributed by atoms with van der Waals surface area (Å²) in [5.74, 6) is 0.237. The third-order valence-corrected chi connectivity index (χ3v) is 5.99. The quantitative estimate of drug-likeness (QED) is 0.569. The van der Waals surface area contributed by atoms with E-state index in [-0.39, 0.29) is 17.9 Å². The van der Waals surface area contributed by atoms with E-state index in [1.165, 1.54) is 17.7 Å². The Morgan fingerprint density at radius 2 is 1.87 bits per heavy atom. The molecule has 0 aliphatic carbocycles. The van der Waals surface area contributed by atoms with Crippen molar-refractivity contribution in [1.82, 2.24) is 19.8 Å². The van der Waals surface area contributed by atoms with Crippen LogP contribution in [-0.2, 0) is 0 Å². The molecule has 1 aliphatic heterocycles. The summed E-state index contributed by atoms with van der Waals surface area (Å²) in [6, 6.07) is 14.9. The van der Waals surface area contributed by atoms with E-state index in [4.69, 9.17) is 12.2 Å². The Bertz CT molecular complexity index is 1040. The fourth-order valence-electron chi connectivity index (χ4n) is 4.41. The van der Waals surface area contributed by atoms with E-state index in [0.29, 0.717) is 5.92 Å². The molecule has 2 aromatic heterocycles. The Kier molecular flexibility index (Phi) is 5.60. The van der Waals surface area contributed by atoms with Crippen molar-refractivity contribution in [2.24, 2.45) is 5.92 Å². The minimum Gasteiger partial charge on any atom is -0.352 e. The van der Waals surface area contributed by atoms with Crippen molar-refractivity contribution >= 4 is 17.3 Å². The maximum Gasteiger partial charge on any atom is 0.170 e. The van der Waals surface area contributed by atoms with Crippen molar-refractivity contribution < 1.29 is 4.39 Å². The van der Waals surface area contributed by atoms with Crippen molar-refractivity contribution in [1.29, 1.82) is 0 Å². The van der Waals surface area contributed by atoms with E-state index < -0.39 is 0 Å². The lowest BCUT2D eigenvalue weighted by atomic mass is 9.96. The number of aromatic nitrogens is 2. The summed E-state index contributed by atoms with van der Waals surface area (Å²) < 4.78 is 15.6. The smallest absolute Gasteiger partial charge is 0.170 e. The molecule has 1 aliphatic rings. The molecule has 4 nitrogen and oxygen atoms in total. The molecule has 4 rings (SSSR count). The average Bonchev–Trinajstić information content (AvgIpc) is 3.19. The number of hydrogen-bond acceptors (Lipinski definition) is 2. The van der Waals surface area contributed by atoms with Crippen LogP contribution in [0.1, 0.15) is 48.6 Å². The summed E-state index contributed by atoms with van der Waals surface area (Å²) in [5.41, 5.74) is 5.38. The second-order valence-corrected chi connectivity index (χ2v) is 8.70. The summed E-state index contributed by atoms with van der Waals surface area (Å²) in [4.78, 5) is 6.90. The van der Waals surface area contributed by atoms with Gasteiger partial charge in [-0.25, -0.2) is 4.39 Å². The fourth-order valence-corrected chi connectivity index (χ4v) is 4.72. The van der Waals surface area contributed by atoms with Gasteiger partial charge in [0.15, 0.2) is 5.11 Å². The number of hydrogen-bond donors (Lipinski definition) is 1. The van der Waals surface area contributed by atoms with Gasteiger partial charge in [0.05, 0.1) is 17.8 Å². The molecule has 2 atom stereocenters. The second-order valence-electron chi connectivity index (χ2n) is 8.31. The normalized spacial score (nSPS) is 18.9. The molecule has 3 aromatic rings. The number of thiocarbonyl (C=S) groups is 1. The van der Waals surface area contributed by atoms with Gasteiger partial charge in [-0.3, -0.25) is 4.98 Å². The summed E-state index contributed by atoms with van der Waals surface area (Å²) in [6.45, 7) is 9.48. The maximum absolute atomic E-state index is 13.5. The highest BCUT2D eigenvalue weighted by molar-refractivity contribution is 7.80. The van der Waals surface area contributed by atoms with Gasteiger partial charge in [-0.2, -0.15) is 0 Å². The molecule has 1 saturated heterocycles. The Morgan fingerprint density at radius 1 is 1.13 bits per heavy atom. The molecule has 0 saturated carbocycles. The first-order chi connectivity index (χ1) is 14.4. The zero-order valence-corrected chi connectivity index (χ0v) is 18.6. The van der Waals surface area contributed by atoms with Crippen LogP contribution in [0.4, 0.5) is 4.39 Å². The highest BCUT2D eigenvalue weighted by Gasteiger charge is 2.41.